The first-order chi connectivity index (χ1) is 9.06. The van der Waals surface area contributed by atoms with Gasteiger partial charge in [-0.1, -0.05) is 0 Å². The predicted octanol–water partition coefficient (Wildman–Crippen LogP) is 4.27. The average molecular weight is 276 g/mol. The van der Waals surface area contributed by atoms with E-state index in [9.17, 15) is 8.78 Å². The zero-order valence-corrected chi connectivity index (χ0v) is 10.9. The van der Waals surface area contributed by atoms with Crippen LogP contribution in [-0.2, 0) is 0 Å². The van der Waals surface area contributed by atoms with E-state index >= 15 is 0 Å². The van der Waals surface area contributed by atoms with Crippen LogP contribution in [0, 0.1) is 23.3 Å². The topological polar surface area (TPSA) is 20.7 Å². The van der Waals surface area contributed by atoms with Gasteiger partial charge in [-0.25, -0.2) is 8.78 Å². The Labute approximate surface area is 113 Å². The number of aryl methyl sites for hydroxylation is 1. The highest BCUT2D eigenvalue weighted by atomic mass is 32.1. The third-order valence-corrected chi connectivity index (χ3v) is 3.33. The molecule has 96 valence electrons. The molecule has 19 heavy (non-hydrogen) atoms. The monoisotopic (exact) mass is 276 g/mol. The Balaban J connectivity index is 2.35. The molecule has 5 heteroatoms. The lowest BCUT2D eigenvalue weighted by Gasteiger charge is -2.06. The van der Waals surface area contributed by atoms with Crippen molar-refractivity contribution in [3.63, 3.8) is 0 Å². The van der Waals surface area contributed by atoms with Crippen LogP contribution in [0.3, 0.4) is 0 Å². The number of halogens is 2. The van der Waals surface area contributed by atoms with E-state index in [1.165, 1.54) is 18.2 Å². The highest BCUT2D eigenvalue weighted by Gasteiger charge is 2.08. The van der Waals surface area contributed by atoms with Gasteiger partial charge in [0.25, 0.3) is 0 Å². The number of aromatic amines is 1. The number of H-pyrrole nitrogens is 1. The van der Waals surface area contributed by atoms with Crippen LogP contribution >= 0.6 is 12.2 Å². The first-order valence-corrected chi connectivity index (χ1v) is 6.14. The first kappa shape index (κ1) is 12.0. The molecule has 0 saturated carbocycles. The number of rotatable bonds is 1. The fourth-order valence-corrected chi connectivity index (χ4v) is 2.41. The molecule has 3 rings (SSSR count). The number of imidazole rings is 1. The largest absolute Gasteiger partial charge is 0.330 e. The summed E-state index contributed by atoms with van der Waals surface area (Å²) in [6.45, 7) is 1.68. The van der Waals surface area contributed by atoms with Crippen molar-refractivity contribution in [2.45, 2.75) is 6.92 Å². The molecule has 0 aliphatic heterocycles. The molecule has 0 aliphatic rings. The number of nitrogens with zero attached hydrogens (tertiary/aromatic N) is 1. The van der Waals surface area contributed by atoms with E-state index in [1.807, 2.05) is 0 Å². The summed E-state index contributed by atoms with van der Waals surface area (Å²) < 4.78 is 28.8. The van der Waals surface area contributed by atoms with Crippen molar-refractivity contribution < 1.29 is 8.78 Å². The van der Waals surface area contributed by atoms with Gasteiger partial charge in [0.2, 0.25) is 0 Å². The first-order valence-electron chi connectivity index (χ1n) is 5.73. The SMILES string of the molecule is Cc1cc(-n2c(=S)[nH]c3ccc(F)cc32)ccc1F. The van der Waals surface area contributed by atoms with Gasteiger partial charge in [0, 0.05) is 11.8 Å². The molecule has 0 fully saturated rings. The van der Waals surface area contributed by atoms with Gasteiger partial charge in [-0.2, -0.15) is 0 Å². The summed E-state index contributed by atoms with van der Waals surface area (Å²) in [7, 11) is 0. The number of benzene rings is 2. The molecule has 0 unspecified atom stereocenters. The lowest BCUT2D eigenvalue weighted by atomic mass is 10.2. The Kier molecular flexibility index (Phi) is 2.71. The highest BCUT2D eigenvalue weighted by Crippen LogP contribution is 2.22. The molecule has 1 aromatic heterocycles. The van der Waals surface area contributed by atoms with Crippen LogP contribution in [0.25, 0.3) is 16.7 Å². The van der Waals surface area contributed by atoms with Gasteiger partial charge in [-0.05, 0) is 55.0 Å². The number of fused-ring (bicyclic) bond motifs is 1. The molecule has 0 bridgehead atoms. The Morgan fingerprint density at radius 3 is 2.63 bits per heavy atom. The van der Waals surface area contributed by atoms with Crippen molar-refractivity contribution in [3.05, 3.63) is 58.4 Å². The third kappa shape index (κ3) is 1.96. The van der Waals surface area contributed by atoms with Gasteiger partial charge >= 0.3 is 0 Å². The predicted molar refractivity (Wildman–Crippen MR) is 73.1 cm³/mol. The van der Waals surface area contributed by atoms with E-state index in [1.54, 1.807) is 29.7 Å². The van der Waals surface area contributed by atoms with E-state index in [0.29, 0.717) is 21.5 Å². The van der Waals surface area contributed by atoms with Gasteiger partial charge in [0.05, 0.1) is 11.0 Å². The Morgan fingerprint density at radius 1 is 1.11 bits per heavy atom. The minimum absolute atomic E-state index is 0.277. The third-order valence-electron chi connectivity index (χ3n) is 3.05. The van der Waals surface area contributed by atoms with Crippen LogP contribution in [0.5, 0.6) is 0 Å². The summed E-state index contributed by atoms with van der Waals surface area (Å²) in [6.07, 6.45) is 0. The van der Waals surface area contributed by atoms with Crippen molar-refractivity contribution in [1.82, 2.24) is 9.55 Å². The summed E-state index contributed by atoms with van der Waals surface area (Å²) >= 11 is 5.25. The molecule has 1 N–H and O–H groups in total. The molecule has 2 aromatic carbocycles. The van der Waals surface area contributed by atoms with Crippen molar-refractivity contribution in [3.8, 4) is 5.69 Å². The van der Waals surface area contributed by atoms with Gasteiger partial charge in [-0.3, -0.25) is 4.57 Å². The number of hydrogen-bond donors (Lipinski definition) is 1. The second-order valence-electron chi connectivity index (χ2n) is 4.36. The van der Waals surface area contributed by atoms with Crippen molar-refractivity contribution in [2.75, 3.05) is 0 Å². The fraction of sp³-hybridized carbons (Fsp3) is 0.0714. The second-order valence-corrected chi connectivity index (χ2v) is 4.75. The summed E-state index contributed by atoms with van der Waals surface area (Å²) in [5.74, 6) is -0.615. The van der Waals surface area contributed by atoms with Gasteiger partial charge in [0.1, 0.15) is 11.6 Å². The van der Waals surface area contributed by atoms with Crippen LogP contribution in [0.1, 0.15) is 5.56 Å². The fourth-order valence-electron chi connectivity index (χ4n) is 2.10. The van der Waals surface area contributed by atoms with Crippen LogP contribution in [0.4, 0.5) is 8.78 Å². The van der Waals surface area contributed by atoms with Crippen molar-refractivity contribution >= 4 is 23.3 Å². The Hall–Kier alpha value is -2.01. The Bertz CT molecular complexity index is 833. The molecule has 3 aromatic rings. The molecule has 0 saturated heterocycles. The number of hydrogen-bond acceptors (Lipinski definition) is 1. The molecule has 1 heterocycles. The van der Waals surface area contributed by atoms with Gasteiger partial charge < -0.3 is 4.98 Å². The van der Waals surface area contributed by atoms with Gasteiger partial charge in [0.15, 0.2) is 4.77 Å². The standard InChI is InChI=1S/C14H10F2N2S/c1-8-6-10(3-4-11(8)16)18-13-7-9(15)2-5-12(13)17-14(18)19/h2-7H,1H3,(H,17,19). The number of aromatic nitrogens is 2. The molecule has 0 aliphatic carbocycles. The maximum absolute atomic E-state index is 13.4. The van der Waals surface area contributed by atoms with E-state index in [2.05, 4.69) is 4.98 Å². The molecule has 0 radical (unpaired) electrons. The summed E-state index contributed by atoms with van der Waals surface area (Å²) in [5, 5.41) is 0. The van der Waals surface area contributed by atoms with Crippen molar-refractivity contribution in [1.29, 1.82) is 0 Å². The van der Waals surface area contributed by atoms with Crippen LogP contribution in [0.15, 0.2) is 36.4 Å². The molecule has 0 atom stereocenters. The average Bonchev–Trinajstić information content (AvgIpc) is 2.68. The van der Waals surface area contributed by atoms with E-state index in [0.717, 1.165) is 5.52 Å². The quantitative estimate of drug-likeness (QED) is 0.658. The van der Waals surface area contributed by atoms with E-state index in [-0.39, 0.29) is 11.6 Å². The molecule has 2 nitrogen and oxygen atoms in total. The minimum Gasteiger partial charge on any atom is -0.330 e. The van der Waals surface area contributed by atoms with Crippen molar-refractivity contribution in [2.24, 2.45) is 0 Å². The summed E-state index contributed by atoms with van der Waals surface area (Å²) in [5.41, 5.74) is 2.61. The van der Waals surface area contributed by atoms with Crippen LogP contribution in [0.2, 0.25) is 0 Å². The maximum atomic E-state index is 13.4. The summed E-state index contributed by atoms with van der Waals surface area (Å²) in [6, 6.07) is 9.09. The lowest BCUT2D eigenvalue weighted by Crippen LogP contribution is -1.96. The second kappa shape index (κ2) is 4.28. The van der Waals surface area contributed by atoms with Crippen LogP contribution < -0.4 is 0 Å². The van der Waals surface area contributed by atoms with Crippen LogP contribution in [-0.4, -0.2) is 9.55 Å². The number of nitrogens with one attached hydrogen (secondary N) is 1. The minimum atomic E-state index is -0.339. The Morgan fingerprint density at radius 2 is 1.89 bits per heavy atom. The van der Waals surface area contributed by atoms with Gasteiger partial charge in [-0.15, -0.1) is 0 Å². The summed E-state index contributed by atoms with van der Waals surface area (Å²) in [4.78, 5) is 3.00. The molecule has 0 amide bonds. The van der Waals surface area contributed by atoms with E-state index in [4.69, 9.17) is 12.2 Å². The smallest absolute Gasteiger partial charge is 0.182 e. The zero-order chi connectivity index (χ0) is 13.6. The molecular weight excluding hydrogens is 266 g/mol. The zero-order valence-electron chi connectivity index (χ0n) is 10.1. The van der Waals surface area contributed by atoms with E-state index < -0.39 is 0 Å². The molecular formula is C14H10F2N2S. The highest BCUT2D eigenvalue weighted by molar-refractivity contribution is 7.71. The lowest BCUT2D eigenvalue weighted by molar-refractivity contribution is 0.618. The molecule has 0 spiro atoms. The normalized spacial score (nSPS) is 11.1. The maximum Gasteiger partial charge on any atom is 0.182 e.